The van der Waals surface area contributed by atoms with E-state index in [1.165, 1.54) is 49.8 Å². The Balaban J connectivity index is 1.58. The van der Waals surface area contributed by atoms with Crippen LogP contribution < -0.4 is 4.74 Å². The van der Waals surface area contributed by atoms with Crippen molar-refractivity contribution in [3.8, 4) is 11.5 Å². The van der Waals surface area contributed by atoms with Gasteiger partial charge in [-0.1, -0.05) is 43.5 Å². The lowest BCUT2D eigenvalue weighted by Crippen LogP contribution is -2.34. The third-order valence-electron chi connectivity index (χ3n) is 5.75. The van der Waals surface area contributed by atoms with Crippen LogP contribution in [0.3, 0.4) is 0 Å². The van der Waals surface area contributed by atoms with Crippen LogP contribution in [-0.4, -0.2) is 36.8 Å². The summed E-state index contributed by atoms with van der Waals surface area (Å²) in [4.78, 5) is 2.64. The minimum absolute atomic E-state index is 0.343. The quantitative estimate of drug-likeness (QED) is 0.672. The molecule has 2 aromatic rings. The van der Waals surface area contributed by atoms with E-state index in [1.807, 2.05) is 18.2 Å². The first-order valence-electron chi connectivity index (χ1n) is 10.4. The van der Waals surface area contributed by atoms with Crippen LogP contribution in [0.1, 0.15) is 43.2 Å². The highest BCUT2D eigenvalue weighted by Gasteiger charge is 2.17. The van der Waals surface area contributed by atoms with E-state index in [9.17, 15) is 5.11 Å². The summed E-state index contributed by atoms with van der Waals surface area (Å²) in [6.45, 7) is 3.37. The monoisotopic (exact) mass is 367 g/mol. The Morgan fingerprint density at radius 2 is 1.63 bits per heavy atom. The number of aromatic hydroxyl groups is 1. The summed E-state index contributed by atoms with van der Waals surface area (Å²) in [5.74, 6) is 2.13. The van der Waals surface area contributed by atoms with Gasteiger partial charge in [0.15, 0.2) is 0 Å². The first-order chi connectivity index (χ1) is 13.2. The summed E-state index contributed by atoms with van der Waals surface area (Å²) in [5.41, 5.74) is 2.63. The Morgan fingerprint density at radius 1 is 0.926 bits per heavy atom. The van der Waals surface area contributed by atoms with Crippen molar-refractivity contribution in [2.75, 3.05) is 26.7 Å². The SMILES string of the molecule is COc1cccc(CCN(CCc2ccc(O)cc2)CC2CCCCC2)c1. The van der Waals surface area contributed by atoms with Crippen LogP contribution in [0.15, 0.2) is 48.5 Å². The fourth-order valence-corrected chi connectivity index (χ4v) is 4.09. The van der Waals surface area contributed by atoms with E-state index in [1.54, 1.807) is 19.2 Å². The first kappa shape index (κ1) is 19.8. The van der Waals surface area contributed by atoms with Crippen LogP contribution in [0.4, 0.5) is 0 Å². The van der Waals surface area contributed by atoms with Crippen LogP contribution in [0, 0.1) is 5.92 Å². The van der Waals surface area contributed by atoms with E-state index in [-0.39, 0.29) is 0 Å². The molecular weight excluding hydrogens is 334 g/mol. The van der Waals surface area contributed by atoms with Gasteiger partial charge in [-0.15, -0.1) is 0 Å². The summed E-state index contributed by atoms with van der Waals surface area (Å²) in [6.07, 6.45) is 9.06. The average Bonchev–Trinajstić information content (AvgIpc) is 2.72. The van der Waals surface area contributed by atoms with Gasteiger partial charge in [0.25, 0.3) is 0 Å². The number of rotatable bonds is 9. The molecule has 3 rings (SSSR count). The second-order valence-electron chi connectivity index (χ2n) is 7.82. The van der Waals surface area contributed by atoms with Gasteiger partial charge in [-0.2, -0.15) is 0 Å². The zero-order valence-corrected chi connectivity index (χ0v) is 16.6. The Kier molecular flexibility index (Phi) is 7.58. The van der Waals surface area contributed by atoms with Gasteiger partial charge in [-0.05, 0) is 67.0 Å². The number of phenolic OH excluding ortho intramolecular Hbond substituents is 1. The molecule has 1 aliphatic carbocycles. The minimum atomic E-state index is 0.343. The zero-order valence-electron chi connectivity index (χ0n) is 16.6. The molecule has 146 valence electrons. The Labute approximate surface area is 164 Å². The van der Waals surface area contributed by atoms with Crippen molar-refractivity contribution < 1.29 is 9.84 Å². The van der Waals surface area contributed by atoms with Crippen LogP contribution >= 0.6 is 0 Å². The van der Waals surface area contributed by atoms with Crippen molar-refractivity contribution in [2.45, 2.75) is 44.9 Å². The van der Waals surface area contributed by atoms with Gasteiger partial charge < -0.3 is 14.7 Å². The molecule has 1 saturated carbocycles. The standard InChI is InChI=1S/C24H33NO2/c1-27-24-9-5-8-21(18-24)15-17-25(19-22-6-3-2-4-7-22)16-14-20-10-12-23(26)13-11-20/h5,8-13,18,22,26H,2-4,6-7,14-17,19H2,1H3. The van der Waals surface area contributed by atoms with Gasteiger partial charge in [-0.25, -0.2) is 0 Å². The van der Waals surface area contributed by atoms with Crippen molar-refractivity contribution in [3.05, 3.63) is 59.7 Å². The smallest absolute Gasteiger partial charge is 0.119 e. The molecule has 0 amide bonds. The Hall–Kier alpha value is -2.00. The molecule has 0 aromatic heterocycles. The highest BCUT2D eigenvalue weighted by atomic mass is 16.5. The van der Waals surface area contributed by atoms with E-state index in [0.29, 0.717) is 5.75 Å². The van der Waals surface area contributed by atoms with E-state index < -0.39 is 0 Å². The van der Waals surface area contributed by atoms with Gasteiger partial charge in [0.1, 0.15) is 11.5 Å². The van der Waals surface area contributed by atoms with E-state index in [4.69, 9.17) is 4.74 Å². The fourth-order valence-electron chi connectivity index (χ4n) is 4.09. The number of phenols is 1. The van der Waals surface area contributed by atoms with E-state index >= 15 is 0 Å². The molecule has 3 nitrogen and oxygen atoms in total. The Morgan fingerprint density at radius 3 is 2.33 bits per heavy atom. The number of methoxy groups -OCH3 is 1. The van der Waals surface area contributed by atoms with E-state index in [0.717, 1.165) is 37.6 Å². The molecular formula is C24H33NO2. The normalized spacial score (nSPS) is 15.2. The van der Waals surface area contributed by atoms with Crippen molar-refractivity contribution in [1.29, 1.82) is 0 Å². The zero-order chi connectivity index (χ0) is 18.9. The van der Waals surface area contributed by atoms with Gasteiger partial charge in [0, 0.05) is 19.6 Å². The van der Waals surface area contributed by atoms with Crippen LogP contribution in [0.5, 0.6) is 11.5 Å². The van der Waals surface area contributed by atoms with Crippen LogP contribution in [0.2, 0.25) is 0 Å². The second-order valence-corrected chi connectivity index (χ2v) is 7.82. The molecule has 0 spiro atoms. The molecule has 27 heavy (non-hydrogen) atoms. The number of ether oxygens (including phenoxy) is 1. The molecule has 1 fully saturated rings. The number of benzene rings is 2. The second kappa shape index (κ2) is 10.4. The van der Waals surface area contributed by atoms with Crippen molar-refractivity contribution in [2.24, 2.45) is 5.92 Å². The lowest BCUT2D eigenvalue weighted by molar-refractivity contribution is 0.204. The highest BCUT2D eigenvalue weighted by molar-refractivity contribution is 5.28. The average molecular weight is 368 g/mol. The van der Waals surface area contributed by atoms with Gasteiger partial charge >= 0.3 is 0 Å². The maximum Gasteiger partial charge on any atom is 0.119 e. The summed E-state index contributed by atoms with van der Waals surface area (Å²) in [5, 5.41) is 9.48. The lowest BCUT2D eigenvalue weighted by atomic mass is 9.89. The molecule has 0 aliphatic heterocycles. The molecule has 1 N–H and O–H groups in total. The van der Waals surface area contributed by atoms with Crippen LogP contribution in [0.25, 0.3) is 0 Å². The number of hydrogen-bond donors (Lipinski definition) is 1. The van der Waals surface area contributed by atoms with E-state index in [2.05, 4.69) is 23.1 Å². The molecule has 0 atom stereocenters. The van der Waals surface area contributed by atoms with Crippen molar-refractivity contribution >= 4 is 0 Å². The van der Waals surface area contributed by atoms with Crippen molar-refractivity contribution in [3.63, 3.8) is 0 Å². The molecule has 3 heteroatoms. The predicted molar refractivity (Wildman–Crippen MR) is 112 cm³/mol. The summed E-state index contributed by atoms with van der Waals surface area (Å²) in [7, 11) is 1.73. The molecule has 0 bridgehead atoms. The topological polar surface area (TPSA) is 32.7 Å². The third-order valence-corrected chi connectivity index (χ3v) is 5.75. The van der Waals surface area contributed by atoms with Crippen molar-refractivity contribution in [1.82, 2.24) is 4.90 Å². The number of hydrogen-bond acceptors (Lipinski definition) is 3. The Bertz CT molecular complexity index is 677. The number of nitrogens with zero attached hydrogens (tertiary/aromatic N) is 1. The lowest BCUT2D eigenvalue weighted by Gasteiger charge is -2.30. The highest BCUT2D eigenvalue weighted by Crippen LogP contribution is 2.25. The minimum Gasteiger partial charge on any atom is -0.508 e. The summed E-state index contributed by atoms with van der Waals surface area (Å²) < 4.78 is 5.36. The molecule has 0 saturated heterocycles. The van der Waals surface area contributed by atoms with Crippen LogP contribution in [-0.2, 0) is 12.8 Å². The van der Waals surface area contributed by atoms with Gasteiger partial charge in [0.2, 0.25) is 0 Å². The largest absolute Gasteiger partial charge is 0.508 e. The predicted octanol–water partition coefficient (Wildman–Crippen LogP) is 5.07. The summed E-state index contributed by atoms with van der Waals surface area (Å²) >= 11 is 0. The summed E-state index contributed by atoms with van der Waals surface area (Å²) in [6, 6.07) is 16.1. The molecule has 0 heterocycles. The fraction of sp³-hybridized carbons (Fsp3) is 0.500. The molecule has 0 unspecified atom stereocenters. The maximum atomic E-state index is 9.48. The molecule has 0 radical (unpaired) electrons. The molecule has 1 aliphatic rings. The van der Waals surface area contributed by atoms with Gasteiger partial charge in [0.05, 0.1) is 7.11 Å². The first-order valence-corrected chi connectivity index (χ1v) is 10.4. The van der Waals surface area contributed by atoms with Gasteiger partial charge in [-0.3, -0.25) is 0 Å². The molecule has 2 aromatic carbocycles. The maximum absolute atomic E-state index is 9.48. The third kappa shape index (κ3) is 6.59.